The number of carbonyl (C=O) groups excluding carboxylic acids is 1. The highest BCUT2D eigenvalue weighted by Gasteiger charge is 2.22. The maximum Gasteiger partial charge on any atom is 0.348 e. The van der Waals surface area contributed by atoms with E-state index >= 15 is 0 Å². The molecule has 0 fully saturated rings. The van der Waals surface area contributed by atoms with Crippen molar-refractivity contribution in [3.05, 3.63) is 56.4 Å². The molecule has 3 aromatic rings. The van der Waals surface area contributed by atoms with E-state index < -0.39 is 5.97 Å². The molecule has 154 valence electrons. The lowest BCUT2D eigenvalue weighted by Gasteiger charge is -2.24. The van der Waals surface area contributed by atoms with Crippen molar-refractivity contribution in [2.45, 2.75) is 33.4 Å². The molecule has 0 aliphatic heterocycles. The van der Waals surface area contributed by atoms with Crippen LogP contribution in [0.15, 0.2) is 29.1 Å². The van der Waals surface area contributed by atoms with E-state index in [1.165, 1.54) is 11.3 Å². The zero-order valence-corrected chi connectivity index (χ0v) is 18.1. The van der Waals surface area contributed by atoms with Gasteiger partial charge in [0.2, 0.25) is 0 Å². The largest absolute Gasteiger partial charge is 0.497 e. The van der Waals surface area contributed by atoms with Crippen LogP contribution in [0.5, 0.6) is 5.75 Å². The number of aromatic amines is 1. The highest BCUT2D eigenvalue weighted by atomic mass is 32.1. The minimum absolute atomic E-state index is 0.133. The summed E-state index contributed by atoms with van der Waals surface area (Å²) in [7, 11) is 3.61. The van der Waals surface area contributed by atoms with Crippen LogP contribution in [0.2, 0.25) is 0 Å². The zero-order chi connectivity index (χ0) is 21.1. The summed E-state index contributed by atoms with van der Waals surface area (Å²) >= 11 is 1.20. The number of hydrogen-bond acceptors (Lipinski definition) is 7. The second kappa shape index (κ2) is 8.75. The number of aromatic nitrogens is 2. The number of thiophene rings is 1. The summed E-state index contributed by atoms with van der Waals surface area (Å²) in [6.45, 7) is 6.44. The van der Waals surface area contributed by atoms with E-state index in [-0.39, 0.29) is 18.2 Å². The summed E-state index contributed by atoms with van der Waals surface area (Å²) < 4.78 is 10.4. The summed E-state index contributed by atoms with van der Waals surface area (Å²) in [6, 6.07) is 7.73. The van der Waals surface area contributed by atoms with Gasteiger partial charge in [-0.2, -0.15) is 0 Å². The van der Waals surface area contributed by atoms with Crippen LogP contribution in [0.3, 0.4) is 0 Å². The number of nitrogens with zero attached hydrogens (tertiary/aromatic N) is 2. The third kappa shape index (κ3) is 4.33. The fraction of sp³-hybridized carbons (Fsp3) is 0.381. The third-order valence-electron chi connectivity index (χ3n) is 4.90. The topological polar surface area (TPSA) is 84.5 Å². The summed E-state index contributed by atoms with van der Waals surface area (Å²) in [5.74, 6) is 0.943. The van der Waals surface area contributed by atoms with Gasteiger partial charge in [0.05, 0.1) is 25.1 Å². The lowest BCUT2D eigenvalue weighted by molar-refractivity contribution is 0.0531. The van der Waals surface area contributed by atoms with Gasteiger partial charge in [-0.05, 0) is 51.1 Å². The van der Waals surface area contributed by atoms with E-state index in [4.69, 9.17) is 9.47 Å². The molecular weight excluding hydrogens is 390 g/mol. The van der Waals surface area contributed by atoms with Gasteiger partial charge in [0.15, 0.2) is 0 Å². The Kier molecular flexibility index (Phi) is 6.34. The molecule has 1 N–H and O–H groups in total. The predicted octanol–water partition coefficient (Wildman–Crippen LogP) is 3.67. The van der Waals surface area contributed by atoms with Crippen molar-refractivity contribution in [3.8, 4) is 5.75 Å². The van der Waals surface area contributed by atoms with Crippen LogP contribution < -0.4 is 10.3 Å². The molecule has 0 bridgehead atoms. The maximum atomic E-state index is 12.7. The Morgan fingerprint density at radius 3 is 2.83 bits per heavy atom. The third-order valence-corrected chi connectivity index (χ3v) is 6.07. The second-order valence-electron chi connectivity index (χ2n) is 6.85. The highest BCUT2D eigenvalue weighted by Crippen LogP contribution is 2.29. The Bertz CT molecular complexity index is 1090. The van der Waals surface area contributed by atoms with Gasteiger partial charge < -0.3 is 14.5 Å². The summed E-state index contributed by atoms with van der Waals surface area (Å²) in [4.78, 5) is 35.5. The van der Waals surface area contributed by atoms with Crippen LogP contribution in [0, 0.1) is 6.92 Å². The Labute approximate surface area is 173 Å². The first kappa shape index (κ1) is 21.0. The number of carbonyl (C=O) groups is 1. The Morgan fingerprint density at radius 1 is 1.38 bits per heavy atom. The maximum absolute atomic E-state index is 12.7. The number of nitrogens with one attached hydrogen (secondary N) is 1. The average Bonchev–Trinajstić information content (AvgIpc) is 3.04. The van der Waals surface area contributed by atoms with Gasteiger partial charge in [-0.1, -0.05) is 12.1 Å². The van der Waals surface area contributed by atoms with Gasteiger partial charge in [-0.15, -0.1) is 11.3 Å². The first-order chi connectivity index (χ1) is 13.8. The molecule has 1 aromatic carbocycles. The van der Waals surface area contributed by atoms with Crippen LogP contribution in [-0.2, 0) is 11.3 Å². The van der Waals surface area contributed by atoms with Crippen molar-refractivity contribution in [1.29, 1.82) is 0 Å². The number of benzene rings is 1. The van der Waals surface area contributed by atoms with Gasteiger partial charge >= 0.3 is 5.97 Å². The minimum Gasteiger partial charge on any atom is -0.497 e. The first-order valence-corrected chi connectivity index (χ1v) is 10.2. The fourth-order valence-corrected chi connectivity index (χ4v) is 4.24. The van der Waals surface area contributed by atoms with E-state index in [0.717, 1.165) is 11.3 Å². The molecule has 0 amide bonds. The Hall–Kier alpha value is -2.71. The Morgan fingerprint density at radius 2 is 2.14 bits per heavy atom. The molecule has 2 aromatic heterocycles. The van der Waals surface area contributed by atoms with Crippen molar-refractivity contribution < 1.29 is 14.3 Å². The molecule has 0 spiro atoms. The molecule has 0 aliphatic rings. The van der Waals surface area contributed by atoms with Gasteiger partial charge in [-0.25, -0.2) is 9.78 Å². The van der Waals surface area contributed by atoms with Crippen LogP contribution in [0.25, 0.3) is 10.2 Å². The van der Waals surface area contributed by atoms with Gasteiger partial charge in [-0.3, -0.25) is 9.69 Å². The number of hydrogen-bond donors (Lipinski definition) is 1. The van der Waals surface area contributed by atoms with Crippen molar-refractivity contribution in [2.24, 2.45) is 0 Å². The normalized spacial score (nSPS) is 12.3. The standard InChI is InChI=1S/C21H25N3O4S/c1-6-28-21(26)17-12(2)16-19(25)22-18(23-20(16)29-17)13(3)24(4)11-14-8-7-9-15(10-14)27-5/h7-10,13H,6,11H2,1-5H3,(H,22,23,25). The van der Waals surface area contributed by atoms with E-state index in [2.05, 4.69) is 14.9 Å². The lowest BCUT2D eigenvalue weighted by atomic mass is 10.1. The van der Waals surface area contributed by atoms with E-state index in [1.807, 2.05) is 38.2 Å². The van der Waals surface area contributed by atoms with Crippen LogP contribution >= 0.6 is 11.3 Å². The molecule has 2 heterocycles. The lowest BCUT2D eigenvalue weighted by Crippen LogP contribution is -2.25. The smallest absolute Gasteiger partial charge is 0.348 e. The molecule has 1 unspecified atom stereocenters. The second-order valence-corrected chi connectivity index (χ2v) is 7.85. The number of H-pyrrole nitrogens is 1. The molecule has 8 heteroatoms. The number of rotatable bonds is 7. The zero-order valence-electron chi connectivity index (χ0n) is 17.2. The molecular formula is C21H25N3O4S. The van der Waals surface area contributed by atoms with Crippen molar-refractivity contribution in [1.82, 2.24) is 14.9 Å². The molecule has 3 rings (SSSR count). The van der Waals surface area contributed by atoms with Crippen LogP contribution in [-0.4, -0.2) is 41.6 Å². The van der Waals surface area contributed by atoms with Crippen LogP contribution in [0.4, 0.5) is 0 Å². The van der Waals surface area contributed by atoms with Crippen molar-refractivity contribution in [2.75, 3.05) is 20.8 Å². The van der Waals surface area contributed by atoms with Crippen molar-refractivity contribution in [3.63, 3.8) is 0 Å². The number of aryl methyl sites for hydroxylation is 1. The molecule has 7 nitrogen and oxygen atoms in total. The van der Waals surface area contributed by atoms with Gasteiger partial charge in [0.1, 0.15) is 21.3 Å². The number of ether oxygens (including phenoxy) is 2. The van der Waals surface area contributed by atoms with Gasteiger partial charge in [0.25, 0.3) is 5.56 Å². The van der Waals surface area contributed by atoms with Crippen LogP contribution in [0.1, 0.15) is 46.5 Å². The predicted molar refractivity (Wildman–Crippen MR) is 114 cm³/mol. The molecule has 1 atom stereocenters. The average molecular weight is 416 g/mol. The molecule has 0 saturated heterocycles. The molecule has 0 aliphatic carbocycles. The van der Waals surface area contributed by atoms with E-state index in [0.29, 0.717) is 33.0 Å². The fourth-order valence-electron chi connectivity index (χ4n) is 3.15. The Balaban J connectivity index is 1.90. The summed E-state index contributed by atoms with van der Waals surface area (Å²) in [5, 5.41) is 0.449. The summed E-state index contributed by atoms with van der Waals surface area (Å²) in [5.41, 5.74) is 1.47. The molecule has 0 radical (unpaired) electrons. The quantitative estimate of drug-likeness (QED) is 0.593. The monoisotopic (exact) mass is 415 g/mol. The first-order valence-electron chi connectivity index (χ1n) is 9.39. The molecule has 0 saturated carbocycles. The van der Waals surface area contributed by atoms with Gasteiger partial charge in [0, 0.05) is 6.54 Å². The van der Waals surface area contributed by atoms with E-state index in [1.54, 1.807) is 21.0 Å². The highest BCUT2D eigenvalue weighted by molar-refractivity contribution is 7.20. The summed E-state index contributed by atoms with van der Waals surface area (Å²) in [6.07, 6.45) is 0. The SMILES string of the molecule is CCOC(=O)c1sc2nc(C(C)N(C)Cc3cccc(OC)c3)[nH]c(=O)c2c1C. The number of methoxy groups -OCH3 is 1. The number of esters is 1. The van der Waals surface area contributed by atoms with E-state index in [9.17, 15) is 9.59 Å². The van der Waals surface area contributed by atoms with Crippen molar-refractivity contribution >= 4 is 27.5 Å². The molecule has 29 heavy (non-hydrogen) atoms. The number of fused-ring (bicyclic) bond motifs is 1. The minimum atomic E-state index is -0.419.